The van der Waals surface area contributed by atoms with Crippen LogP contribution in [-0.4, -0.2) is 21.8 Å². The van der Waals surface area contributed by atoms with Crippen molar-refractivity contribution in [3.05, 3.63) is 22.7 Å². The van der Waals surface area contributed by atoms with E-state index < -0.39 is 5.92 Å². The number of hydrogen-bond acceptors (Lipinski definition) is 4. The van der Waals surface area contributed by atoms with Crippen molar-refractivity contribution >= 4 is 11.6 Å². The zero-order valence-electron chi connectivity index (χ0n) is 11.2. The van der Waals surface area contributed by atoms with E-state index in [4.69, 9.17) is 0 Å². The Hall–Kier alpha value is -1.58. The van der Waals surface area contributed by atoms with Crippen molar-refractivity contribution in [2.24, 2.45) is 5.92 Å². The van der Waals surface area contributed by atoms with Crippen LogP contribution in [0.5, 0.6) is 0 Å². The summed E-state index contributed by atoms with van der Waals surface area (Å²) in [4.78, 5) is 24.1. The Kier molecular flexibility index (Phi) is 4.08. The molecule has 2 aliphatic carbocycles. The molecule has 2 aliphatic rings. The van der Waals surface area contributed by atoms with Crippen molar-refractivity contribution in [1.82, 2.24) is 0 Å². The van der Waals surface area contributed by atoms with Crippen LogP contribution in [0.25, 0.3) is 0 Å². The molecule has 0 fully saturated rings. The second-order valence-corrected chi connectivity index (χ2v) is 5.24. The van der Waals surface area contributed by atoms with Gasteiger partial charge in [0.15, 0.2) is 11.6 Å². The fraction of sp³-hybridized carbons (Fsp3) is 0.600. The molecule has 0 aromatic carbocycles. The lowest BCUT2D eigenvalue weighted by atomic mass is 9.77. The average Bonchev–Trinajstić information content (AvgIpc) is 2.36. The van der Waals surface area contributed by atoms with E-state index in [1.54, 1.807) is 0 Å². The number of rotatable bonds is 3. The Balaban J connectivity index is 2.45. The van der Waals surface area contributed by atoms with Gasteiger partial charge in [-0.1, -0.05) is 6.92 Å². The molecule has 19 heavy (non-hydrogen) atoms. The highest BCUT2D eigenvalue weighted by atomic mass is 16.3. The predicted molar refractivity (Wildman–Crippen MR) is 70.8 cm³/mol. The second kappa shape index (κ2) is 5.59. The van der Waals surface area contributed by atoms with Crippen molar-refractivity contribution in [1.29, 1.82) is 0 Å². The molecule has 0 amide bonds. The van der Waals surface area contributed by atoms with Crippen LogP contribution in [-0.2, 0) is 9.59 Å². The molecule has 104 valence electrons. The first-order chi connectivity index (χ1) is 9.06. The van der Waals surface area contributed by atoms with Crippen LogP contribution < -0.4 is 0 Å². The van der Waals surface area contributed by atoms with Gasteiger partial charge < -0.3 is 10.2 Å². The molecule has 0 saturated carbocycles. The number of Topliss-reactive ketones (excluding diaryl/α,β-unsaturated/α-hetero) is 2. The highest BCUT2D eigenvalue weighted by molar-refractivity contribution is 6.03. The zero-order valence-corrected chi connectivity index (χ0v) is 11.2. The largest absolute Gasteiger partial charge is 0.512 e. The van der Waals surface area contributed by atoms with E-state index >= 15 is 0 Å². The lowest BCUT2D eigenvalue weighted by Gasteiger charge is -2.27. The SMILES string of the molecule is CCC(C1=C(O)CCCC1=O)C1=C(O)CCCC1=O. The molecule has 2 N–H and O–H groups in total. The molecule has 0 bridgehead atoms. The van der Waals surface area contributed by atoms with Gasteiger partial charge in [0.05, 0.1) is 11.5 Å². The maximum Gasteiger partial charge on any atom is 0.162 e. The second-order valence-electron chi connectivity index (χ2n) is 5.24. The summed E-state index contributed by atoms with van der Waals surface area (Å²) in [6.45, 7) is 1.87. The fourth-order valence-electron chi connectivity index (χ4n) is 3.04. The number of carbonyl (C=O) groups excluding carboxylic acids is 2. The van der Waals surface area contributed by atoms with Gasteiger partial charge in [-0.25, -0.2) is 0 Å². The lowest BCUT2D eigenvalue weighted by molar-refractivity contribution is -0.117. The van der Waals surface area contributed by atoms with E-state index in [9.17, 15) is 19.8 Å². The molecular formula is C15H20O4. The molecule has 0 saturated heterocycles. The highest BCUT2D eigenvalue weighted by Crippen LogP contribution is 2.36. The van der Waals surface area contributed by atoms with E-state index in [1.807, 2.05) is 6.92 Å². The Morgan fingerprint density at radius 2 is 1.32 bits per heavy atom. The van der Waals surface area contributed by atoms with Crippen molar-refractivity contribution in [2.75, 3.05) is 0 Å². The van der Waals surface area contributed by atoms with E-state index in [1.165, 1.54) is 0 Å². The molecule has 0 heterocycles. The Labute approximate surface area is 112 Å². The fourth-order valence-corrected chi connectivity index (χ4v) is 3.04. The number of ketones is 2. The van der Waals surface area contributed by atoms with Crippen molar-refractivity contribution in [3.63, 3.8) is 0 Å². The van der Waals surface area contributed by atoms with Crippen molar-refractivity contribution in [3.8, 4) is 0 Å². The maximum atomic E-state index is 12.0. The van der Waals surface area contributed by atoms with E-state index in [0.717, 1.165) is 0 Å². The Bertz CT molecular complexity index is 429. The van der Waals surface area contributed by atoms with Gasteiger partial charge in [0, 0.05) is 42.7 Å². The third-order valence-corrected chi connectivity index (χ3v) is 3.96. The topological polar surface area (TPSA) is 74.6 Å². The molecule has 0 atom stereocenters. The van der Waals surface area contributed by atoms with Gasteiger partial charge in [0.25, 0.3) is 0 Å². The van der Waals surface area contributed by atoms with Gasteiger partial charge in [0.2, 0.25) is 0 Å². The molecule has 0 aliphatic heterocycles. The first-order valence-corrected chi connectivity index (χ1v) is 6.96. The average molecular weight is 264 g/mol. The minimum atomic E-state index is -0.444. The maximum absolute atomic E-state index is 12.0. The number of aliphatic hydroxyl groups excluding tert-OH is 2. The van der Waals surface area contributed by atoms with E-state index in [2.05, 4.69) is 0 Å². The summed E-state index contributed by atoms with van der Waals surface area (Å²) in [5, 5.41) is 20.0. The molecule has 2 rings (SSSR count). The third kappa shape index (κ3) is 2.57. The van der Waals surface area contributed by atoms with Gasteiger partial charge in [-0.05, 0) is 19.3 Å². The molecule has 4 heteroatoms. The zero-order chi connectivity index (χ0) is 14.0. The van der Waals surface area contributed by atoms with Gasteiger partial charge in [-0.3, -0.25) is 9.59 Å². The number of carbonyl (C=O) groups is 2. The Morgan fingerprint density at radius 1 is 0.895 bits per heavy atom. The molecule has 0 radical (unpaired) electrons. The summed E-state index contributed by atoms with van der Waals surface area (Å²) >= 11 is 0. The molecule has 0 aromatic rings. The summed E-state index contributed by atoms with van der Waals surface area (Å²) in [5.74, 6) is -0.423. The van der Waals surface area contributed by atoms with Crippen LogP contribution in [0.1, 0.15) is 51.9 Å². The Morgan fingerprint density at radius 3 is 1.63 bits per heavy atom. The normalized spacial score (nSPS) is 21.6. The van der Waals surface area contributed by atoms with Crippen LogP contribution in [0.3, 0.4) is 0 Å². The van der Waals surface area contributed by atoms with Crippen LogP contribution in [0.4, 0.5) is 0 Å². The van der Waals surface area contributed by atoms with E-state index in [-0.39, 0.29) is 23.1 Å². The summed E-state index contributed by atoms with van der Waals surface area (Å²) in [7, 11) is 0. The van der Waals surface area contributed by atoms with Crippen LogP contribution in [0.15, 0.2) is 22.7 Å². The minimum absolute atomic E-state index is 0.0886. The highest BCUT2D eigenvalue weighted by Gasteiger charge is 2.34. The summed E-state index contributed by atoms with van der Waals surface area (Å²) < 4.78 is 0. The summed E-state index contributed by atoms with van der Waals surface area (Å²) in [6, 6.07) is 0. The quantitative estimate of drug-likeness (QED) is 0.821. The molecule has 4 nitrogen and oxygen atoms in total. The van der Waals surface area contributed by atoms with Gasteiger partial charge >= 0.3 is 0 Å². The number of aliphatic hydroxyl groups is 2. The van der Waals surface area contributed by atoms with E-state index in [0.29, 0.717) is 56.1 Å². The predicted octanol–water partition coefficient (Wildman–Crippen LogP) is 3.14. The first-order valence-electron chi connectivity index (χ1n) is 6.96. The first kappa shape index (κ1) is 13.8. The number of allylic oxidation sites excluding steroid dienone is 4. The molecule has 0 spiro atoms. The van der Waals surface area contributed by atoms with Gasteiger partial charge in [0.1, 0.15) is 0 Å². The van der Waals surface area contributed by atoms with Crippen molar-refractivity contribution < 1.29 is 19.8 Å². The molecule has 0 aromatic heterocycles. The van der Waals surface area contributed by atoms with Crippen LogP contribution in [0, 0.1) is 5.92 Å². The third-order valence-electron chi connectivity index (χ3n) is 3.96. The minimum Gasteiger partial charge on any atom is -0.512 e. The van der Waals surface area contributed by atoms with Gasteiger partial charge in [-0.2, -0.15) is 0 Å². The van der Waals surface area contributed by atoms with Crippen molar-refractivity contribution in [2.45, 2.75) is 51.9 Å². The summed E-state index contributed by atoms with van der Waals surface area (Å²) in [5.41, 5.74) is 0.705. The van der Waals surface area contributed by atoms with Crippen LogP contribution >= 0.6 is 0 Å². The number of hydrogen-bond donors (Lipinski definition) is 2. The summed E-state index contributed by atoms with van der Waals surface area (Å²) in [6.07, 6.45) is 3.65. The monoisotopic (exact) mass is 264 g/mol. The van der Waals surface area contributed by atoms with Crippen LogP contribution in [0.2, 0.25) is 0 Å². The molecule has 0 unspecified atom stereocenters. The smallest absolute Gasteiger partial charge is 0.162 e. The lowest BCUT2D eigenvalue weighted by Crippen LogP contribution is -2.26. The van der Waals surface area contributed by atoms with Gasteiger partial charge in [-0.15, -0.1) is 0 Å². The molecular weight excluding hydrogens is 244 g/mol. The standard InChI is InChI=1S/C15H20O4/c1-2-9(14-10(16)5-3-6-11(14)17)15-12(18)7-4-8-13(15)19/h9,16,18H,2-8H2,1H3.